The van der Waals surface area contributed by atoms with Gasteiger partial charge in [-0.15, -0.1) is 0 Å². The Kier molecular flexibility index (Phi) is 6.82. The molecule has 84 valence electrons. The molecule has 3 heteroatoms. The van der Waals surface area contributed by atoms with Crippen LogP contribution < -0.4 is 0 Å². The predicted molar refractivity (Wildman–Crippen MR) is 66.2 cm³/mol. The number of hydrogen-bond donors (Lipinski definition) is 0. The Labute approximate surface area is 96.8 Å². The van der Waals surface area contributed by atoms with Crippen LogP contribution in [0.1, 0.15) is 25.7 Å². The zero-order chi connectivity index (χ0) is 10.2. The van der Waals surface area contributed by atoms with E-state index in [-0.39, 0.29) is 0 Å². The summed E-state index contributed by atoms with van der Waals surface area (Å²) in [6.45, 7) is 6.40. The smallest absolute Gasteiger partial charge is 0.0109 e. The van der Waals surface area contributed by atoms with E-state index >= 15 is 0 Å². The number of nitrogens with zero attached hydrogens (tertiary/aromatic N) is 2. The molecule has 2 nitrogen and oxygen atoms in total. The quantitative estimate of drug-likeness (QED) is 0.554. The standard InChI is InChI=1S/C11H23BrN2/c1-13-7-5-9-14(11-10-13)8-4-2-3-6-12/h2-11H2,1H3. The molecule has 0 aromatic heterocycles. The number of alkyl halides is 1. The Morgan fingerprint density at radius 2 is 1.86 bits per heavy atom. The molecule has 1 aliphatic heterocycles. The van der Waals surface area contributed by atoms with E-state index in [1.165, 1.54) is 58.4 Å². The zero-order valence-electron chi connectivity index (χ0n) is 9.34. The minimum absolute atomic E-state index is 1.16. The second-order valence-electron chi connectivity index (χ2n) is 4.25. The number of hydrogen-bond acceptors (Lipinski definition) is 2. The van der Waals surface area contributed by atoms with Crippen LogP contribution in [0.25, 0.3) is 0 Å². The summed E-state index contributed by atoms with van der Waals surface area (Å²) in [7, 11) is 2.23. The van der Waals surface area contributed by atoms with Crippen LogP contribution in [-0.2, 0) is 0 Å². The van der Waals surface area contributed by atoms with Crippen LogP contribution in [0.3, 0.4) is 0 Å². The first-order valence-electron chi connectivity index (χ1n) is 5.80. The van der Waals surface area contributed by atoms with Crippen molar-refractivity contribution in [2.45, 2.75) is 25.7 Å². The third-order valence-electron chi connectivity index (χ3n) is 2.92. The molecule has 1 aliphatic rings. The topological polar surface area (TPSA) is 6.48 Å². The largest absolute Gasteiger partial charge is 0.305 e. The molecule has 0 N–H and O–H groups in total. The molecule has 0 bridgehead atoms. The molecule has 0 aromatic rings. The van der Waals surface area contributed by atoms with Crippen LogP contribution in [0.15, 0.2) is 0 Å². The van der Waals surface area contributed by atoms with Crippen molar-refractivity contribution in [2.75, 3.05) is 45.1 Å². The Morgan fingerprint density at radius 1 is 1.00 bits per heavy atom. The molecular weight excluding hydrogens is 240 g/mol. The van der Waals surface area contributed by atoms with Crippen molar-refractivity contribution in [1.29, 1.82) is 0 Å². The van der Waals surface area contributed by atoms with Crippen molar-refractivity contribution in [1.82, 2.24) is 9.80 Å². The molecule has 0 saturated carbocycles. The van der Waals surface area contributed by atoms with Gasteiger partial charge in [-0.1, -0.05) is 22.4 Å². The second kappa shape index (κ2) is 7.66. The number of halogens is 1. The van der Waals surface area contributed by atoms with Crippen LogP contribution in [0.2, 0.25) is 0 Å². The van der Waals surface area contributed by atoms with E-state index < -0.39 is 0 Å². The lowest BCUT2D eigenvalue weighted by Gasteiger charge is -2.19. The molecule has 14 heavy (non-hydrogen) atoms. The Balaban J connectivity index is 2.05. The lowest BCUT2D eigenvalue weighted by atomic mass is 10.2. The summed E-state index contributed by atoms with van der Waals surface area (Å²) in [4.78, 5) is 5.07. The van der Waals surface area contributed by atoms with Crippen LogP contribution in [0, 0.1) is 0 Å². The zero-order valence-corrected chi connectivity index (χ0v) is 10.9. The van der Waals surface area contributed by atoms with Crippen molar-refractivity contribution in [3.05, 3.63) is 0 Å². The molecule has 0 spiro atoms. The average molecular weight is 263 g/mol. The third-order valence-corrected chi connectivity index (χ3v) is 3.48. The molecule has 0 aliphatic carbocycles. The fourth-order valence-electron chi connectivity index (χ4n) is 1.93. The van der Waals surface area contributed by atoms with Gasteiger partial charge in [0.1, 0.15) is 0 Å². The minimum Gasteiger partial charge on any atom is -0.305 e. The number of unbranched alkanes of at least 4 members (excludes halogenated alkanes) is 2. The Morgan fingerprint density at radius 3 is 2.64 bits per heavy atom. The van der Waals surface area contributed by atoms with Crippen molar-refractivity contribution in [3.63, 3.8) is 0 Å². The molecular formula is C11H23BrN2. The summed E-state index contributed by atoms with van der Waals surface area (Å²) < 4.78 is 0. The summed E-state index contributed by atoms with van der Waals surface area (Å²) in [5.41, 5.74) is 0. The van der Waals surface area contributed by atoms with Crippen molar-refractivity contribution >= 4 is 15.9 Å². The van der Waals surface area contributed by atoms with Crippen LogP contribution in [0.4, 0.5) is 0 Å². The SMILES string of the molecule is CN1CCCN(CCCCCBr)CC1. The van der Waals surface area contributed by atoms with Crippen LogP contribution in [-0.4, -0.2) is 54.9 Å². The maximum atomic E-state index is 3.48. The maximum absolute atomic E-state index is 3.48. The van der Waals surface area contributed by atoms with E-state index in [0.29, 0.717) is 0 Å². The maximum Gasteiger partial charge on any atom is 0.0109 e. The highest BCUT2D eigenvalue weighted by Gasteiger charge is 2.10. The molecule has 1 fully saturated rings. The van der Waals surface area contributed by atoms with Crippen molar-refractivity contribution in [2.24, 2.45) is 0 Å². The predicted octanol–water partition coefficient (Wildman–Crippen LogP) is 2.19. The van der Waals surface area contributed by atoms with E-state index in [9.17, 15) is 0 Å². The van der Waals surface area contributed by atoms with Gasteiger partial charge in [-0.3, -0.25) is 0 Å². The normalized spacial score (nSPS) is 21.0. The monoisotopic (exact) mass is 262 g/mol. The van der Waals surface area contributed by atoms with Gasteiger partial charge >= 0.3 is 0 Å². The number of likely N-dealkylation sites (N-methyl/N-ethyl adjacent to an activating group) is 1. The molecule has 1 heterocycles. The minimum atomic E-state index is 1.16. The Bertz CT molecular complexity index is 141. The first-order valence-corrected chi connectivity index (χ1v) is 6.92. The highest BCUT2D eigenvalue weighted by Crippen LogP contribution is 2.04. The summed E-state index contributed by atoms with van der Waals surface area (Å²) in [5, 5.41) is 1.16. The molecule has 0 amide bonds. The lowest BCUT2D eigenvalue weighted by Crippen LogP contribution is -2.29. The van der Waals surface area contributed by atoms with E-state index in [1.54, 1.807) is 0 Å². The summed E-state index contributed by atoms with van der Waals surface area (Å²) >= 11 is 3.48. The van der Waals surface area contributed by atoms with E-state index in [4.69, 9.17) is 0 Å². The lowest BCUT2D eigenvalue weighted by molar-refractivity contribution is 0.271. The van der Waals surface area contributed by atoms with Gasteiger partial charge in [0.2, 0.25) is 0 Å². The third kappa shape index (κ3) is 5.32. The van der Waals surface area contributed by atoms with Gasteiger partial charge in [0.05, 0.1) is 0 Å². The first kappa shape index (κ1) is 12.5. The molecule has 1 saturated heterocycles. The van der Waals surface area contributed by atoms with Crippen LogP contribution in [0.5, 0.6) is 0 Å². The summed E-state index contributed by atoms with van der Waals surface area (Å²) in [6, 6.07) is 0. The average Bonchev–Trinajstić information content (AvgIpc) is 2.38. The van der Waals surface area contributed by atoms with Gasteiger partial charge in [0, 0.05) is 18.4 Å². The molecule has 0 radical (unpaired) electrons. The van der Waals surface area contributed by atoms with Crippen LogP contribution >= 0.6 is 15.9 Å². The van der Waals surface area contributed by atoms with Crippen molar-refractivity contribution < 1.29 is 0 Å². The highest BCUT2D eigenvalue weighted by molar-refractivity contribution is 9.09. The van der Waals surface area contributed by atoms with Gasteiger partial charge in [-0.2, -0.15) is 0 Å². The summed E-state index contributed by atoms with van der Waals surface area (Å²) in [5.74, 6) is 0. The summed E-state index contributed by atoms with van der Waals surface area (Å²) in [6.07, 6.45) is 5.41. The first-order chi connectivity index (χ1) is 6.83. The molecule has 0 aromatic carbocycles. The van der Waals surface area contributed by atoms with Crippen molar-refractivity contribution in [3.8, 4) is 0 Å². The van der Waals surface area contributed by atoms with E-state index in [2.05, 4.69) is 32.8 Å². The van der Waals surface area contributed by atoms with Gasteiger partial charge in [0.15, 0.2) is 0 Å². The van der Waals surface area contributed by atoms with Gasteiger partial charge in [-0.05, 0) is 45.9 Å². The van der Waals surface area contributed by atoms with Gasteiger partial charge in [-0.25, -0.2) is 0 Å². The van der Waals surface area contributed by atoms with Gasteiger partial charge < -0.3 is 9.80 Å². The van der Waals surface area contributed by atoms with E-state index in [0.717, 1.165) is 5.33 Å². The second-order valence-corrected chi connectivity index (χ2v) is 5.04. The van der Waals surface area contributed by atoms with Gasteiger partial charge in [0.25, 0.3) is 0 Å². The van der Waals surface area contributed by atoms with E-state index in [1.807, 2.05) is 0 Å². The molecule has 0 atom stereocenters. The Hall–Kier alpha value is 0.400. The number of rotatable bonds is 5. The molecule has 0 unspecified atom stereocenters. The molecule has 1 rings (SSSR count). The fourth-order valence-corrected chi connectivity index (χ4v) is 2.33. The highest BCUT2D eigenvalue weighted by atomic mass is 79.9. The fraction of sp³-hybridized carbons (Fsp3) is 1.00.